The Morgan fingerprint density at radius 3 is 2.47 bits per heavy atom. The molecule has 0 aliphatic rings. The molecular formula is C22H22ClN3O5S. The van der Waals surface area contributed by atoms with Crippen LogP contribution in [0.25, 0.3) is 11.1 Å². The van der Waals surface area contributed by atoms with Crippen LogP contribution in [-0.4, -0.2) is 39.6 Å². The number of sulfonamides is 1. The molecule has 0 aliphatic heterocycles. The van der Waals surface area contributed by atoms with E-state index in [-0.39, 0.29) is 35.1 Å². The minimum Gasteiger partial charge on any atom is -0.505 e. The molecule has 0 aliphatic carbocycles. The maximum atomic E-state index is 13.1. The molecule has 10 heteroatoms. The van der Waals surface area contributed by atoms with Crippen molar-refractivity contribution in [3.8, 4) is 22.6 Å². The van der Waals surface area contributed by atoms with Crippen molar-refractivity contribution < 1.29 is 23.1 Å². The van der Waals surface area contributed by atoms with E-state index in [1.165, 1.54) is 13.2 Å². The zero-order chi connectivity index (χ0) is 23.3. The summed E-state index contributed by atoms with van der Waals surface area (Å²) in [5.41, 5.74) is 7.12. The fourth-order valence-corrected chi connectivity index (χ4v) is 4.48. The normalized spacial score (nSPS) is 11.1. The van der Waals surface area contributed by atoms with Gasteiger partial charge in [0.15, 0.2) is 5.75 Å². The molecule has 0 fully saturated rings. The molecule has 0 atom stereocenters. The Kier molecular flexibility index (Phi) is 7.24. The van der Waals surface area contributed by atoms with E-state index in [1.54, 1.807) is 18.2 Å². The zero-order valence-corrected chi connectivity index (χ0v) is 18.7. The van der Waals surface area contributed by atoms with Gasteiger partial charge in [0.05, 0.1) is 17.8 Å². The molecule has 0 aromatic heterocycles. The Morgan fingerprint density at radius 2 is 1.81 bits per heavy atom. The molecule has 0 spiro atoms. The van der Waals surface area contributed by atoms with Gasteiger partial charge in [-0.05, 0) is 35.4 Å². The van der Waals surface area contributed by atoms with Crippen LogP contribution >= 0.6 is 11.6 Å². The summed E-state index contributed by atoms with van der Waals surface area (Å²) in [6.45, 7) is 0.406. The first-order valence-corrected chi connectivity index (χ1v) is 11.4. The third kappa shape index (κ3) is 5.13. The summed E-state index contributed by atoms with van der Waals surface area (Å²) < 4.78 is 34.0. The van der Waals surface area contributed by atoms with Crippen molar-refractivity contribution in [2.45, 2.75) is 4.90 Å². The molecule has 0 saturated heterocycles. The molecule has 5 N–H and O–H groups in total. The van der Waals surface area contributed by atoms with Gasteiger partial charge in [0.25, 0.3) is 15.9 Å². The number of aromatic hydroxyl groups is 1. The van der Waals surface area contributed by atoms with E-state index < -0.39 is 26.6 Å². The van der Waals surface area contributed by atoms with Crippen molar-refractivity contribution >= 4 is 33.2 Å². The summed E-state index contributed by atoms with van der Waals surface area (Å²) in [5.74, 6) is -0.971. The minimum absolute atomic E-state index is 0.0355. The van der Waals surface area contributed by atoms with Gasteiger partial charge in [-0.2, -0.15) is 0 Å². The summed E-state index contributed by atoms with van der Waals surface area (Å²) in [7, 11) is -2.93. The maximum Gasteiger partial charge on any atom is 0.265 e. The number of carbonyl (C=O) groups excluding carboxylic acids is 1. The molecule has 8 nitrogen and oxygen atoms in total. The van der Waals surface area contributed by atoms with Crippen molar-refractivity contribution in [2.24, 2.45) is 5.73 Å². The number of anilines is 1. The van der Waals surface area contributed by atoms with Crippen LogP contribution in [0.1, 0.15) is 10.4 Å². The number of ether oxygens (including phenoxy) is 1. The van der Waals surface area contributed by atoms with E-state index in [4.69, 9.17) is 22.1 Å². The van der Waals surface area contributed by atoms with Gasteiger partial charge < -0.3 is 20.9 Å². The fraction of sp³-hybridized carbons (Fsp3) is 0.136. The molecule has 0 saturated carbocycles. The highest BCUT2D eigenvalue weighted by Gasteiger charge is 2.25. The number of carbonyl (C=O) groups is 1. The van der Waals surface area contributed by atoms with E-state index in [1.807, 2.05) is 30.3 Å². The molecular weight excluding hydrogens is 454 g/mol. The first-order chi connectivity index (χ1) is 15.3. The Hall–Kier alpha value is -3.27. The highest BCUT2D eigenvalue weighted by molar-refractivity contribution is 7.92. The molecule has 0 radical (unpaired) electrons. The minimum atomic E-state index is -4.34. The standard InChI is InChI=1S/C22H22ClN3O5S/c1-31-19-8-7-15(14-5-3-2-4-6-14)12-18(19)26-32(29,30)20-13-16(11-17(23)21(20)27)22(28)25-10-9-24/h2-8,11-13,26-27H,9-10,24H2,1H3,(H,25,28). The van der Waals surface area contributed by atoms with Gasteiger partial charge in [-0.3, -0.25) is 9.52 Å². The predicted octanol–water partition coefficient (Wildman–Crippen LogP) is 3.21. The van der Waals surface area contributed by atoms with Crippen molar-refractivity contribution in [1.82, 2.24) is 5.32 Å². The number of rotatable bonds is 8. The number of hydrogen-bond donors (Lipinski definition) is 4. The fourth-order valence-electron chi connectivity index (χ4n) is 3.00. The molecule has 3 aromatic rings. The third-order valence-corrected chi connectivity index (χ3v) is 6.23. The number of nitrogens with one attached hydrogen (secondary N) is 2. The van der Waals surface area contributed by atoms with E-state index in [2.05, 4.69) is 10.0 Å². The molecule has 1 amide bonds. The number of nitrogens with two attached hydrogens (primary N) is 1. The Bertz CT molecular complexity index is 1230. The Morgan fingerprint density at radius 1 is 1.09 bits per heavy atom. The number of benzene rings is 3. The average Bonchev–Trinajstić information content (AvgIpc) is 2.79. The van der Waals surface area contributed by atoms with E-state index in [9.17, 15) is 18.3 Å². The van der Waals surface area contributed by atoms with Gasteiger partial charge in [-0.25, -0.2) is 8.42 Å². The topological polar surface area (TPSA) is 131 Å². The SMILES string of the molecule is COc1ccc(-c2ccccc2)cc1NS(=O)(=O)c1cc(C(=O)NCCN)cc(Cl)c1O. The summed E-state index contributed by atoms with van der Waals surface area (Å²) >= 11 is 6.00. The average molecular weight is 476 g/mol. The first kappa shape index (κ1) is 23.4. The largest absolute Gasteiger partial charge is 0.505 e. The third-order valence-electron chi connectivity index (χ3n) is 4.56. The number of hydrogen-bond acceptors (Lipinski definition) is 6. The summed E-state index contributed by atoms with van der Waals surface area (Å²) in [5, 5.41) is 12.6. The van der Waals surface area contributed by atoms with Crippen LogP contribution in [-0.2, 0) is 10.0 Å². The predicted molar refractivity (Wildman–Crippen MR) is 124 cm³/mol. The number of phenolic OH excluding ortho intramolecular Hbond substituents is 1. The van der Waals surface area contributed by atoms with Crippen LogP contribution in [0.2, 0.25) is 5.02 Å². The van der Waals surface area contributed by atoms with E-state index in [0.717, 1.165) is 17.2 Å². The van der Waals surface area contributed by atoms with E-state index in [0.29, 0.717) is 0 Å². The molecule has 3 rings (SSSR count). The van der Waals surface area contributed by atoms with Crippen molar-refractivity contribution in [1.29, 1.82) is 0 Å². The Balaban J connectivity index is 2.02. The van der Waals surface area contributed by atoms with Gasteiger partial charge >= 0.3 is 0 Å². The second-order valence-corrected chi connectivity index (χ2v) is 8.79. The lowest BCUT2D eigenvalue weighted by Crippen LogP contribution is -2.29. The van der Waals surface area contributed by atoms with Crippen LogP contribution in [0.5, 0.6) is 11.5 Å². The lowest BCUT2D eigenvalue weighted by atomic mass is 10.1. The zero-order valence-electron chi connectivity index (χ0n) is 17.1. The van der Waals surface area contributed by atoms with Gasteiger partial charge in [0.1, 0.15) is 10.6 Å². The Labute approximate surface area is 191 Å². The summed E-state index contributed by atoms with van der Waals surface area (Å²) in [6.07, 6.45) is 0. The van der Waals surface area contributed by atoms with E-state index >= 15 is 0 Å². The highest BCUT2D eigenvalue weighted by Crippen LogP contribution is 2.36. The lowest BCUT2D eigenvalue weighted by Gasteiger charge is -2.15. The van der Waals surface area contributed by atoms with Gasteiger partial charge in [0, 0.05) is 18.7 Å². The number of halogens is 1. The molecule has 0 bridgehead atoms. The van der Waals surface area contributed by atoms with Crippen molar-refractivity contribution in [2.75, 3.05) is 24.9 Å². The number of phenols is 1. The molecule has 168 valence electrons. The maximum absolute atomic E-state index is 13.1. The lowest BCUT2D eigenvalue weighted by molar-refractivity contribution is 0.0954. The second-order valence-electron chi connectivity index (χ2n) is 6.74. The molecule has 32 heavy (non-hydrogen) atoms. The van der Waals surface area contributed by atoms with Crippen LogP contribution in [0, 0.1) is 0 Å². The van der Waals surface area contributed by atoms with Crippen LogP contribution in [0.4, 0.5) is 5.69 Å². The monoisotopic (exact) mass is 475 g/mol. The number of amides is 1. The van der Waals surface area contributed by atoms with Crippen LogP contribution < -0.4 is 20.5 Å². The molecule has 0 heterocycles. The molecule has 0 unspecified atom stereocenters. The number of methoxy groups -OCH3 is 1. The quantitative estimate of drug-likeness (QED) is 0.395. The first-order valence-electron chi connectivity index (χ1n) is 9.54. The summed E-state index contributed by atoms with van der Waals surface area (Å²) in [4.78, 5) is 11.7. The van der Waals surface area contributed by atoms with Gasteiger partial charge in [-0.1, -0.05) is 48.0 Å². The van der Waals surface area contributed by atoms with Crippen LogP contribution in [0.15, 0.2) is 65.6 Å². The van der Waals surface area contributed by atoms with Gasteiger partial charge in [0.2, 0.25) is 0 Å². The smallest absolute Gasteiger partial charge is 0.265 e. The second kappa shape index (κ2) is 9.90. The summed E-state index contributed by atoms with van der Waals surface area (Å²) in [6, 6.07) is 16.6. The van der Waals surface area contributed by atoms with Crippen molar-refractivity contribution in [3.05, 3.63) is 71.2 Å². The van der Waals surface area contributed by atoms with Crippen molar-refractivity contribution in [3.63, 3.8) is 0 Å². The van der Waals surface area contributed by atoms with Crippen LogP contribution in [0.3, 0.4) is 0 Å². The van der Waals surface area contributed by atoms with Gasteiger partial charge in [-0.15, -0.1) is 0 Å². The highest BCUT2D eigenvalue weighted by atomic mass is 35.5. The molecule has 3 aromatic carbocycles.